The highest BCUT2D eigenvalue weighted by Gasteiger charge is 1.79. The Hall–Kier alpha value is -1.22. The van der Waals surface area contributed by atoms with E-state index in [0.29, 0.717) is 5.82 Å². The van der Waals surface area contributed by atoms with Crippen molar-refractivity contribution < 1.29 is 0 Å². The number of rotatable bonds is 1. The molecule has 3 radical (unpaired) electrons. The summed E-state index contributed by atoms with van der Waals surface area (Å²) >= 11 is 0. The summed E-state index contributed by atoms with van der Waals surface area (Å²) in [5.41, 5.74) is 0. The highest BCUT2D eigenvalue weighted by atomic mass is 14.8. The third-order valence-corrected chi connectivity index (χ3v) is 0.768. The van der Waals surface area contributed by atoms with Crippen LogP contribution in [0.15, 0.2) is 25.0 Å². The van der Waals surface area contributed by atoms with Gasteiger partial charge in [0.1, 0.15) is 0 Å². The molecule has 3 nitrogen and oxygen atoms in total. The van der Waals surface area contributed by atoms with Crippen LogP contribution in [0.25, 0.3) is 6.08 Å². The first-order valence-corrected chi connectivity index (χ1v) is 2.33. The normalized spacial score (nSPS) is 7.56. The molecule has 0 N–H and O–H groups in total. The lowest BCUT2D eigenvalue weighted by atomic mass is 10.5. The van der Waals surface area contributed by atoms with Gasteiger partial charge in [-0.1, -0.05) is 6.58 Å². The van der Waals surface area contributed by atoms with Gasteiger partial charge in [-0.25, -0.2) is 9.97 Å². The van der Waals surface area contributed by atoms with E-state index in [1.54, 1.807) is 24.5 Å². The van der Waals surface area contributed by atoms with Crippen LogP contribution in [0, 0.1) is 0 Å². The molecule has 1 heterocycles. The Kier molecular flexibility index (Phi) is 3.23. The van der Waals surface area contributed by atoms with Crippen LogP contribution in [-0.2, 0) is 0 Å². The van der Waals surface area contributed by atoms with Crippen LogP contribution in [0.4, 0.5) is 0 Å². The van der Waals surface area contributed by atoms with Gasteiger partial charge in [-0.2, -0.15) is 0 Å². The zero-order chi connectivity index (χ0) is 5.82. The maximum atomic E-state index is 3.87. The Morgan fingerprint density at radius 1 is 1.33 bits per heavy atom. The highest BCUT2D eigenvalue weighted by Crippen LogP contribution is 1.85. The molecule has 0 aliphatic heterocycles. The molecule has 1 rings (SSSR count). The average molecular weight is 120 g/mol. The first-order chi connectivity index (χ1) is 3.93. The van der Waals surface area contributed by atoms with E-state index in [-0.39, 0.29) is 6.15 Å². The lowest BCUT2D eigenvalue weighted by molar-refractivity contribution is 1.14. The van der Waals surface area contributed by atoms with Gasteiger partial charge in [0.25, 0.3) is 0 Å². The van der Waals surface area contributed by atoms with Gasteiger partial charge >= 0.3 is 0 Å². The fraction of sp³-hybridized carbons (Fsp3) is 0. The molecule has 0 saturated carbocycles. The Morgan fingerprint density at radius 3 is 2.22 bits per heavy atom. The van der Waals surface area contributed by atoms with Gasteiger partial charge in [-0.3, -0.25) is 0 Å². The second-order valence-electron chi connectivity index (χ2n) is 1.31. The smallest absolute Gasteiger partial charge is 0.151 e. The number of hydrogen-bond donors (Lipinski definition) is 0. The number of aromatic nitrogens is 2. The molecule has 0 spiro atoms. The van der Waals surface area contributed by atoms with Crippen LogP contribution in [0.5, 0.6) is 0 Å². The topological polar surface area (TPSA) is 56.3 Å². The Bertz CT molecular complexity index is 171. The van der Waals surface area contributed by atoms with Gasteiger partial charge in [0.05, 0.1) is 0 Å². The first-order valence-electron chi connectivity index (χ1n) is 2.33. The van der Waals surface area contributed by atoms with Gasteiger partial charge in [-0.05, 0) is 12.1 Å². The minimum atomic E-state index is 0. The predicted molar refractivity (Wildman–Crippen MR) is 34.3 cm³/mol. The summed E-state index contributed by atoms with van der Waals surface area (Å²) in [6.07, 6.45) is 4.98. The van der Waals surface area contributed by atoms with Crippen LogP contribution in [0.2, 0.25) is 0 Å². The van der Waals surface area contributed by atoms with E-state index in [1.165, 1.54) is 0 Å². The van der Waals surface area contributed by atoms with Crippen LogP contribution in [0.3, 0.4) is 0 Å². The highest BCUT2D eigenvalue weighted by molar-refractivity contribution is 5.34. The molecule has 1 aromatic heterocycles. The molecule has 9 heavy (non-hydrogen) atoms. The number of nitrogens with zero attached hydrogens (tertiary/aromatic N) is 3. The zero-order valence-corrected chi connectivity index (χ0v) is 4.86. The molecule has 0 aromatic carbocycles. The van der Waals surface area contributed by atoms with Crippen molar-refractivity contribution in [3.8, 4) is 0 Å². The standard InChI is InChI=1S/C6H6N2.N/c1-2-6-7-4-3-5-8-6;/h2-5H,1H2;. The Labute approximate surface area is 54.0 Å². The van der Waals surface area contributed by atoms with Crippen molar-refractivity contribution in [3.63, 3.8) is 0 Å². The number of hydrogen-bond acceptors (Lipinski definition) is 2. The molecule has 45 valence electrons. The van der Waals surface area contributed by atoms with Crippen molar-refractivity contribution >= 4 is 6.08 Å². The lowest BCUT2D eigenvalue weighted by Crippen LogP contribution is -1.80. The zero-order valence-electron chi connectivity index (χ0n) is 4.86. The Morgan fingerprint density at radius 2 is 1.89 bits per heavy atom. The predicted octanol–water partition coefficient (Wildman–Crippen LogP) is 0.639. The van der Waals surface area contributed by atoms with Crippen LogP contribution in [-0.4, -0.2) is 9.97 Å². The molecule has 0 aliphatic carbocycles. The Balaban J connectivity index is 0.000000640. The largest absolute Gasteiger partial charge is 0.237 e. The van der Waals surface area contributed by atoms with Crippen molar-refractivity contribution in [3.05, 3.63) is 30.9 Å². The van der Waals surface area contributed by atoms with E-state index < -0.39 is 0 Å². The molecular weight excluding hydrogens is 114 g/mol. The quantitative estimate of drug-likeness (QED) is 0.546. The van der Waals surface area contributed by atoms with Crippen LogP contribution in [0.1, 0.15) is 5.82 Å². The summed E-state index contributed by atoms with van der Waals surface area (Å²) < 4.78 is 0. The van der Waals surface area contributed by atoms with E-state index in [4.69, 9.17) is 0 Å². The van der Waals surface area contributed by atoms with Gasteiger partial charge in [-0.15, -0.1) is 0 Å². The van der Waals surface area contributed by atoms with Gasteiger partial charge in [0, 0.05) is 18.5 Å². The van der Waals surface area contributed by atoms with E-state index >= 15 is 0 Å². The second kappa shape index (κ2) is 3.74. The molecule has 0 bridgehead atoms. The van der Waals surface area contributed by atoms with Crippen molar-refractivity contribution in [1.82, 2.24) is 16.1 Å². The van der Waals surface area contributed by atoms with Crippen molar-refractivity contribution in [2.24, 2.45) is 0 Å². The first kappa shape index (κ1) is 7.78. The minimum absolute atomic E-state index is 0. The summed E-state index contributed by atoms with van der Waals surface area (Å²) in [4.78, 5) is 7.74. The van der Waals surface area contributed by atoms with Gasteiger partial charge in [0.2, 0.25) is 0 Å². The molecule has 0 amide bonds. The summed E-state index contributed by atoms with van der Waals surface area (Å²) in [5, 5.41) is 0. The van der Waals surface area contributed by atoms with Crippen molar-refractivity contribution in [1.29, 1.82) is 0 Å². The summed E-state index contributed by atoms with van der Waals surface area (Å²) in [6.45, 7) is 3.51. The molecule has 0 atom stereocenters. The van der Waals surface area contributed by atoms with E-state index in [0.717, 1.165) is 0 Å². The third kappa shape index (κ3) is 2.01. The lowest BCUT2D eigenvalue weighted by Gasteiger charge is -1.83. The van der Waals surface area contributed by atoms with Crippen LogP contribution >= 0.6 is 0 Å². The fourth-order valence-corrected chi connectivity index (χ4v) is 0.416. The maximum absolute atomic E-state index is 3.87. The van der Waals surface area contributed by atoms with Gasteiger partial charge < -0.3 is 0 Å². The van der Waals surface area contributed by atoms with Crippen molar-refractivity contribution in [2.75, 3.05) is 0 Å². The molecule has 0 fully saturated rings. The van der Waals surface area contributed by atoms with E-state index in [2.05, 4.69) is 16.5 Å². The monoisotopic (exact) mass is 120 g/mol. The van der Waals surface area contributed by atoms with Crippen LogP contribution < -0.4 is 6.15 Å². The summed E-state index contributed by atoms with van der Waals surface area (Å²) in [5.74, 6) is 0.674. The second-order valence-corrected chi connectivity index (χ2v) is 1.31. The molecule has 0 unspecified atom stereocenters. The van der Waals surface area contributed by atoms with E-state index in [9.17, 15) is 0 Å². The SMILES string of the molecule is C=Cc1ncccn1.[N]. The minimum Gasteiger partial charge on any atom is -0.237 e. The summed E-state index contributed by atoms with van der Waals surface area (Å²) in [7, 11) is 0. The maximum Gasteiger partial charge on any atom is 0.151 e. The molecular formula is C6H6N3. The van der Waals surface area contributed by atoms with E-state index in [1.807, 2.05) is 0 Å². The molecule has 0 aliphatic rings. The molecule has 0 saturated heterocycles. The fourth-order valence-electron chi connectivity index (χ4n) is 0.416. The molecule has 1 aromatic rings. The van der Waals surface area contributed by atoms with Gasteiger partial charge in [0.15, 0.2) is 5.82 Å². The summed E-state index contributed by atoms with van der Waals surface area (Å²) in [6, 6.07) is 1.77. The third-order valence-electron chi connectivity index (χ3n) is 0.768. The molecule has 3 heteroatoms. The van der Waals surface area contributed by atoms with Crippen molar-refractivity contribution in [2.45, 2.75) is 0 Å². The average Bonchev–Trinajstić information content (AvgIpc) is 1.90.